The van der Waals surface area contributed by atoms with Crippen molar-refractivity contribution < 1.29 is 9.47 Å². The van der Waals surface area contributed by atoms with E-state index >= 15 is 0 Å². The van der Waals surface area contributed by atoms with Crippen LogP contribution in [0, 0.1) is 11.3 Å². The maximum Gasteiger partial charge on any atom is 0.136 e. The van der Waals surface area contributed by atoms with Crippen LogP contribution in [0.3, 0.4) is 0 Å². The Morgan fingerprint density at radius 1 is 1.10 bits per heavy atom. The van der Waals surface area contributed by atoms with E-state index in [9.17, 15) is 0 Å². The molecule has 0 radical (unpaired) electrons. The van der Waals surface area contributed by atoms with Crippen LogP contribution in [-0.2, 0) is 13.0 Å². The lowest BCUT2D eigenvalue weighted by Crippen LogP contribution is -2.02. The van der Waals surface area contributed by atoms with Crippen molar-refractivity contribution in [3.05, 3.63) is 59.2 Å². The first-order chi connectivity index (χ1) is 10.3. The van der Waals surface area contributed by atoms with Crippen molar-refractivity contribution in [2.45, 2.75) is 13.0 Å². The Labute approximate surface area is 124 Å². The Balaban J connectivity index is 2.01. The predicted molar refractivity (Wildman–Crippen MR) is 81.2 cm³/mol. The molecular weight excluding hydrogens is 264 g/mol. The van der Waals surface area contributed by atoms with Crippen molar-refractivity contribution in [1.82, 2.24) is 0 Å². The predicted octanol–water partition coefficient (Wildman–Crippen LogP) is 2.65. The van der Waals surface area contributed by atoms with E-state index in [1.54, 1.807) is 19.2 Å². The zero-order valence-corrected chi connectivity index (χ0v) is 12.0. The summed E-state index contributed by atoms with van der Waals surface area (Å²) in [5.74, 6) is 1.37. The molecule has 0 fully saturated rings. The van der Waals surface area contributed by atoms with Gasteiger partial charge in [0.1, 0.15) is 24.2 Å². The van der Waals surface area contributed by atoms with Crippen LogP contribution in [0.5, 0.6) is 11.5 Å². The lowest BCUT2D eigenvalue weighted by atomic mass is 10.1. The van der Waals surface area contributed by atoms with Gasteiger partial charge in [-0.05, 0) is 48.4 Å². The molecule has 2 aromatic rings. The summed E-state index contributed by atoms with van der Waals surface area (Å²) in [7, 11) is 1.55. The Morgan fingerprint density at radius 2 is 1.81 bits per heavy atom. The molecule has 2 rings (SSSR count). The molecule has 2 N–H and O–H groups in total. The summed E-state index contributed by atoms with van der Waals surface area (Å²) in [4.78, 5) is 0. The molecule has 0 aliphatic heterocycles. The minimum Gasteiger partial charge on any atom is -0.495 e. The van der Waals surface area contributed by atoms with Gasteiger partial charge in [-0.15, -0.1) is 0 Å². The minimum absolute atomic E-state index is 0.412. The molecule has 0 unspecified atom stereocenters. The fourth-order valence-electron chi connectivity index (χ4n) is 2.02. The van der Waals surface area contributed by atoms with Crippen LogP contribution in [0.2, 0.25) is 0 Å². The van der Waals surface area contributed by atoms with E-state index in [1.165, 1.54) is 5.56 Å². The lowest BCUT2D eigenvalue weighted by Gasteiger charge is -2.09. The summed E-state index contributed by atoms with van der Waals surface area (Å²) < 4.78 is 10.8. The van der Waals surface area contributed by atoms with Gasteiger partial charge < -0.3 is 15.2 Å². The largest absolute Gasteiger partial charge is 0.495 e. The molecular formula is C17H18N2O2. The van der Waals surface area contributed by atoms with E-state index in [4.69, 9.17) is 20.5 Å². The summed E-state index contributed by atoms with van der Waals surface area (Å²) in [6.07, 6.45) is 0.865. The highest BCUT2D eigenvalue weighted by atomic mass is 16.5. The molecule has 4 heteroatoms. The summed E-state index contributed by atoms with van der Waals surface area (Å²) in [6.45, 7) is 1.05. The SMILES string of the molecule is COc1ccc(COc2ccc(CCN)cc2)cc1C#N. The van der Waals surface area contributed by atoms with E-state index in [-0.39, 0.29) is 0 Å². The van der Waals surface area contributed by atoms with Gasteiger partial charge in [0, 0.05) is 0 Å². The van der Waals surface area contributed by atoms with Crippen LogP contribution < -0.4 is 15.2 Å². The Morgan fingerprint density at radius 3 is 2.43 bits per heavy atom. The van der Waals surface area contributed by atoms with E-state index < -0.39 is 0 Å². The van der Waals surface area contributed by atoms with Crippen molar-refractivity contribution in [2.24, 2.45) is 5.73 Å². The molecule has 2 aromatic carbocycles. The van der Waals surface area contributed by atoms with Crippen LogP contribution in [0.1, 0.15) is 16.7 Å². The van der Waals surface area contributed by atoms with Crippen LogP contribution in [-0.4, -0.2) is 13.7 Å². The summed E-state index contributed by atoms with van der Waals surface area (Å²) in [5, 5.41) is 9.06. The first-order valence-electron chi connectivity index (χ1n) is 6.75. The van der Waals surface area contributed by atoms with Gasteiger partial charge in [0.05, 0.1) is 12.7 Å². The standard InChI is InChI=1S/C17H18N2O2/c1-20-17-7-4-14(10-15(17)11-19)12-21-16-5-2-13(3-6-16)8-9-18/h2-7,10H,8-9,12,18H2,1H3. The van der Waals surface area contributed by atoms with E-state index in [2.05, 4.69) is 6.07 Å². The second kappa shape index (κ2) is 7.32. The summed E-state index contributed by atoms with van der Waals surface area (Å²) in [6, 6.07) is 15.4. The maximum absolute atomic E-state index is 9.06. The topological polar surface area (TPSA) is 68.3 Å². The molecule has 0 saturated heterocycles. The normalized spacial score (nSPS) is 9.95. The molecule has 0 atom stereocenters. The molecule has 0 aliphatic carbocycles. The zero-order valence-electron chi connectivity index (χ0n) is 12.0. The molecule has 21 heavy (non-hydrogen) atoms. The van der Waals surface area contributed by atoms with Gasteiger partial charge in [0.2, 0.25) is 0 Å². The van der Waals surface area contributed by atoms with Crippen LogP contribution >= 0.6 is 0 Å². The molecule has 4 nitrogen and oxygen atoms in total. The fraction of sp³-hybridized carbons (Fsp3) is 0.235. The number of nitrogens with zero attached hydrogens (tertiary/aromatic N) is 1. The van der Waals surface area contributed by atoms with Gasteiger partial charge in [-0.1, -0.05) is 18.2 Å². The van der Waals surface area contributed by atoms with Crippen LogP contribution in [0.15, 0.2) is 42.5 Å². The average molecular weight is 282 g/mol. The summed E-state index contributed by atoms with van der Waals surface area (Å²) >= 11 is 0. The van der Waals surface area contributed by atoms with E-state index in [0.717, 1.165) is 17.7 Å². The number of nitrogens with two attached hydrogens (primary N) is 1. The molecule has 0 saturated carbocycles. The van der Waals surface area contributed by atoms with E-state index in [0.29, 0.717) is 24.5 Å². The van der Waals surface area contributed by atoms with Gasteiger partial charge in [-0.2, -0.15) is 5.26 Å². The van der Waals surface area contributed by atoms with Crippen molar-refractivity contribution in [3.8, 4) is 17.6 Å². The molecule has 0 bridgehead atoms. The molecule has 0 amide bonds. The maximum atomic E-state index is 9.06. The quantitative estimate of drug-likeness (QED) is 0.884. The number of benzene rings is 2. The first-order valence-corrected chi connectivity index (χ1v) is 6.75. The molecule has 0 heterocycles. The second-order valence-corrected chi connectivity index (χ2v) is 4.62. The smallest absolute Gasteiger partial charge is 0.136 e. The number of hydrogen-bond acceptors (Lipinski definition) is 4. The van der Waals surface area contributed by atoms with Gasteiger partial charge in [0.25, 0.3) is 0 Å². The fourth-order valence-corrected chi connectivity index (χ4v) is 2.02. The number of nitriles is 1. The average Bonchev–Trinajstić information content (AvgIpc) is 2.54. The lowest BCUT2D eigenvalue weighted by molar-refractivity contribution is 0.306. The first kappa shape index (κ1) is 14.9. The van der Waals surface area contributed by atoms with Crippen molar-refractivity contribution in [2.75, 3.05) is 13.7 Å². The Hall–Kier alpha value is -2.51. The van der Waals surface area contributed by atoms with Gasteiger partial charge in [-0.25, -0.2) is 0 Å². The van der Waals surface area contributed by atoms with Gasteiger partial charge in [0.15, 0.2) is 0 Å². The number of methoxy groups -OCH3 is 1. The minimum atomic E-state index is 0.412. The molecule has 0 spiro atoms. The molecule has 0 aliphatic rings. The third-order valence-corrected chi connectivity index (χ3v) is 3.15. The van der Waals surface area contributed by atoms with Crippen molar-refractivity contribution in [1.29, 1.82) is 5.26 Å². The molecule has 0 aromatic heterocycles. The Bertz CT molecular complexity index is 630. The second-order valence-electron chi connectivity index (χ2n) is 4.62. The monoisotopic (exact) mass is 282 g/mol. The highest BCUT2D eigenvalue weighted by Gasteiger charge is 2.04. The van der Waals surface area contributed by atoms with Crippen molar-refractivity contribution >= 4 is 0 Å². The van der Waals surface area contributed by atoms with Crippen molar-refractivity contribution in [3.63, 3.8) is 0 Å². The number of hydrogen-bond donors (Lipinski definition) is 1. The summed E-state index contributed by atoms with van der Waals surface area (Å²) in [5.41, 5.74) is 8.15. The molecule has 108 valence electrons. The Kier molecular flexibility index (Phi) is 5.19. The number of ether oxygens (including phenoxy) is 2. The van der Waals surface area contributed by atoms with E-state index in [1.807, 2.05) is 30.3 Å². The third kappa shape index (κ3) is 3.98. The highest BCUT2D eigenvalue weighted by Crippen LogP contribution is 2.20. The zero-order chi connectivity index (χ0) is 15.1. The van der Waals surface area contributed by atoms with Gasteiger partial charge >= 0.3 is 0 Å². The number of rotatable bonds is 6. The van der Waals surface area contributed by atoms with Gasteiger partial charge in [-0.3, -0.25) is 0 Å². The van der Waals surface area contributed by atoms with Crippen LogP contribution in [0.4, 0.5) is 0 Å². The van der Waals surface area contributed by atoms with Crippen LogP contribution in [0.25, 0.3) is 0 Å². The third-order valence-electron chi connectivity index (χ3n) is 3.15. The highest BCUT2D eigenvalue weighted by molar-refractivity contribution is 5.45.